The third-order valence-corrected chi connectivity index (χ3v) is 2.40. The first kappa shape index (κ1) is 16.1. The molecular weight excluding hydrogens is 292 g/mol. The van der Waals surface area contributed by atoms with Crippen LogP contribution in [0.2, 0.25) is 0 Å². The SMILES string of the molecule is CC(NC(=O)Nc1ccccn1)(C(F)(F)F)C(F)(F)F. The van der Waals surface area contributed by atoms with Gasteiger partial charge in [0, 0.05) is 6.20 Å². The number of carbonyl (C=O) groups excluding carboxylic acids is 1. The van der Waals surface area contributed by atoms with Crippen LogP contribution in [0.25, 0.3) is 0 Å². The molecule has 0 aromatic carbocycles. The Labute approximate surface area is 109 Å². The number of urea groups is 1. The van der Waals surface area contributed by atoms with Crippen molar-refractivity contribution in [3.8, 4) is 0 Å². The number of rotatable bonds is 2. The summed E-state index contributed by atoms with van der Waals surface area (Å²) in [6.07, 6.45) is -10.2. The fourth-order valence-corrected chi connectivity index (χ4v) is 1.11. The second kappa shape index (κ2) is 5.17. The van der Waals surface area contributed by atoms with Crippen molar-refractivity contribution < 1.29 is 31.1 Å². The van der Waals surface area contributed by atoms with Crippen molar-refractivity contribution in [2.45, 2.75) is 24.8 Å². The van der Waals surface area contributed by atoms with Crippen molar-refractivity contribution in [3.05, 3.63) is 24.4 Å². The molecule has 0 spiro atoms. The van der Waals surface area contributed by atoms with Crippen molar-refractivity contribution in [2.24, 2.45) is 0 Å². The Morgan fingerprint density at radius 1 is 1.10 bits per heavy atom. The fraction of sp³-hybridized carbons (Fsp3) is 0.400. The molecule has 1 aromatic rings. The van der Waals surface area contributed by atoms with Crippen LogP contribution in [0.3, 0.4) is 0 Å². The molecular formula is C10H9F6N3O. The highest BCUT2D eigenvalue weighted by molar-refractivity contribution is 5.88. The van der Waals surface area contributed by atoms with Gasteiger partial charge >= 0.3 is 18.4 Å². The van der Waals surface area contributed by atoms with E-state index in [1.807, 2.05) is 0 Å². The summed E-state index contributed by atoms with van der Waals surface area (Å²) in [5.74, 6) is -0.184. The van der Waals surface area contributed by atoms with Gasteiger partial charge in [0.15, 0.2) is 0 Å². The average molecular weight is 301 g/mol. The third kappa shape index (κ3) is 3.31. The summed E-state index contributed by atoms with van der Waals surface area (Å²) in [5, 5.41) is 2.66. The molecule has 0 unspecified atom stereocenters. The zero-order valence-corrected chi connectivity index (χ0v) is 9.93. The number of halogens is 6. The Balaban J connectivity index is 2.90. The van der Waals surface area contributed by atoms with E-state index >= 15 is 0 Å². The lowest BCUT2D eigenvalue weighted by molar-refractivity contribution is -0.297. The lowest BCUT2D eigenvalue weighted by atomic mass is 10.0. The Hall–Kier alpha value is -2.00. The first-order valence-corrected chi connectivity index (χ1v) is 5.11. The van der Waals surface area contributed by atoms with E-state index in [2.05, 4.69) is 4.98 Å². The molecule has 1 rings (SSSR count). The Morgan fingerprint density at radius 3 is 2.05 bits per heavy atom. The number of pyridine rings is 1. The molecule has 0 radical (unpaired) electrons. The molecule has 112 valence electrons. The maximum Gasteiger partial charge on any atom is 0.420 e. The van der Waals surface area contributed by atoms with Gasteiger partial charge in [0.1, 0.15) is 5.82 Å². The second-order valence-corrected chi connectivity index (χ2v) is 3.91. The van der Waals surface area contributed by atoms with Crippen molar-refractivity contribution in [1.82, 2.24) is 10.3 Å². The predicted octanol–water partition coefficient (Wildman–Crippen LogP) is 3.09. The van der Waals surface area contributed by atoms with Gasteiger partial charge in [-0.15, -0.1) is 0 Å². The lowest BCUT2D eigenvalue weighted by Gasteiger charge is -2.34. The second-order valence-electron chi connectivity index (χ2n) is 3.91. The molecule has 0 atom stereocenters. The number of nitrogens with one attached hydrogen (secondary N) is 2. The number of nitrogens with zero attached hydrogens (tertiary/aromatic N) is 1. The molecule has 2 amide bonds. The summed E-state index contributed by atoms with van der Waals surface area (Å²) in [5.41, 5.74) is -4.36. The summed E-state index contributed by atoms with van der Waals surface area (Å²) in [7, 11) is 0. The molecule has 4 nitrogen and oxygen atoms in total. The molecule has 0 aliphatic rings. The van der Waals surface area contributed by atoms with Crippen LogP contribution in [0.15, 0.2) is 24.4 Å². The Kier molecular flexibility index (Phi) is 4.15. The summed E-state index contributed by atoms with van der Waals surface area (Å²) in [6.45, 7) is -0.162. The van der Waals surface area contributed by atoms with Crippen molar-refractivity contribution in [1.29, 1.82) is 0 Å². The molecule has 0 aliphatic carbocycles. The van der Waals surface area contributed by atoms with E-state index in [1.165, 1.54) is 24.4 Å². The highest BCUT2D eigenvalue weighted by Gasteiger charge is 2.68. The summed E-state index contributed by atoms with van der Waals surface area (Å²) in [6, 6.07) is 2.40. The van der Waals surface area contributed by atoms with Crippen LogP contribution < -0.4 is 10.6 Å². The smallest absolute Gasteiger partial charge is 0.316 e. The minimum atomic E-state index is -5.70. The number of aromatic nitrogens is 1. The summed E-state index contributed by atoms with van der Waals surface area (Å²) >= 11 is 0. The molecule has 0 aliphatic heterocycles. The highest BCUT2D eigenvalue weighted by atomic mass is 19.4. The maximum atomic E-state index is 12.5. The van der Waals surface area contributed by atoms with Gasteiger partial charge in [-0.05, 0) is 19.1 Å². The molecule has 0 bridgehead atoms. The van der Waals surface area contributed by atoms with Crippen LogP contribution in [-0.2, 0) is 0 Å². The zero-order valence-electron chi connectivity index (χ0n) is 9.93. The zero-order chi connectivity index (χ0) is 15.6. The van der Waals surface area contributed by atoms with Crippen LogP contribution in [0.4, 0.5) is 37.0 Å². The average Bonchev–Trinajstić information content (AvgIpc) is 2.26. The van der Waals surface area contributed by atoms with Crippen molar-refractivity contribution >= 4 is 11.8 Å². The molecule has 1 heterocycles. The van der Waals surface area contributed by atoms with Gasteiger partial charge < -0.3 is 5.32 Å². The maximum absolute atomic E-state index is 12.5. The van der Waals surface area contributed by atoms with Crippen molar-refractivity contribution in [2.75, 3.05) is 5.32 Å². The number of anilines is 1. The molecule has 0 fully saturated rings. The Bertz CT molecular complexity index is 456. The quantitative estimate of drug-likeness (QED) is 0.825. The molecule has 2 N–H and O–H groups in total. The van der Waals surface area contributed by atoms with Crippen LogP contribution in [0.1, 0.15) is 6.92 Å². The first-order chi connectivity index (χ1) is 8.97. The van der Waals surface area contributed by atoms with E-state index in [0.717, 1.165) is 5.32 Å². The van der Waals surface area contributed by atoms with E-state index < -0.39 is 23.9 Å². The number of amides is 2. The van der Waals surface area contributed by atoms with Crippen LogP contribution in [0, 0.1) is 0 Å². The normalized spacial score (nSPS) is 12.9. The van der Waals surface area contributed by atoms with Crippen LogP contribution >= 0.6 is 0 Å². The van der Waals surface area contributed by atoms with E-state index in [4.69, 9.17) is 0 Å². The van der Waals surface area contributed by atoms with E-state index in [9.17, 15) is 31.1 Å². The number of hydrogen-bond acceptors (Lipinski definition) is 2. The standard InChI is InChI=1S/C10H9F6N3O/c1-8(9(11,12)13,10(14,15)16)19-7(20)18-6-4-2-3-5-17-6/h2-5H,1H3,(H2,17,18,19,20). The van der Waals surface area contributed by atoms with Crippen molar-refractivity contribution in [3.63, 3.8) is 0 Å². The van der Waals surface area contributed by atoms with Gasteiger partial charge in [0.05, 0.1) is 0 Å². The monoisotopic (exact) mass is 301 g/mol. The fourth-order valence-electron chi connectivity index (χ4n) is 1.11. The first-order valence-electron chi connectivity index (χ1n) is 5.11. The topological polar surface area (TPSA) is 54.0 Å². The van der Waals surface area contributed by atoms with E-state index in [1.54, 1.807) is 5.32 Å². The van der Waals surface area contributed by atoms with Gasteiger partial charge in [-0.3, -0.25) is 5.32 Å². The number of alkyl halides is 6. The van der Waals surface area contributed by atoms with Gasteiger partial charge in [0.25, 0.3) is 0 Å². The largest absolute Gasteiger partial charge is 0.420 e. The highest BCUT2D eigenvalue weighted by Crippen LogP contribution is 2.42. The number of hydrogen-bond donors (Lipinski definition) is 2. The van der Waals surface area contributed by atoms with Crippen LogP contribution in [-0.4, -0.2) is 28.9 Å². The Morgan fingerprint density at radius 2 is 1.65 bits per heavy atom. The predicted molar refractivity (Wildman–Crippen MR) is 56.9 cm³/mol. The molecule has 1 aromatic heterocycles. The van der Waals surface area contributed by atoms with E-state index in [-0.39, 0.29) is 12.7 Å². The van der Waals surface area contributed by atoms with E-state index in [0.29, 0.717) is 0 Å². The van der Waals surface area contributed by atoms with Gasteiger partial charge in [-0.1, -0.05) is 6.07 Å². The third-order valence-electron chi connectivity index (χ3n) is 2.40. The molecule has 0 saturated heterocycles. The molecule has 0 saturated carbocycles. The summed E-state index contributed by atoms with van der Waals surface area (Å²) in [4.78, 5) is 14.8. The lowest BCUT2D eigenvalue weighted by Crippen LogP contribution is -2.66. The minimum Gasteiger partial charge on any atom is -0.316 e. The molecule has 20 heavy (non-hydrogen) atoms. The minimum absolute atomic E-state index is 0.162. The van der Waals surface area contributed by atoms with Gasteiger partial charge in [-0.2, -0.15) is 26.3 Å². The van der Waals surface area contributed by atoms with Crippen LogP contribution in [0.5, 0.6) is 0 Å². The van der Waals surface area contributed by atoms with Gasteiger partial charge in [-0.25, -0.2) is 9.78 Å². The molecule has 10 heteroatoms. The summed E-state index contributed by atoms with van der Waals surface area (Å²) < 4.78 is 75.1. The number of carbonyl (C=O) groups is 1. The van der Waals surface area contributed by atoms with Gasteiger partial charge in [0.2, 0.25) is 5.54 Å².